The number of aryl methyl sites for hydroxylation is 1. The minimum Gasteiger partial charge on any atom is -0.436 e. The number of aromatic nitrogens is 2. The van der Waals surface area contributed by atoms with Crippen molar-refractivity contribution < 1.29 is 14.0 Å². The van der Waals surface area contributed by atoms with Gasteiger partial charge in [0.15, 0.2) is 5.58 Å². The maximum Gasteiger partial charge on any atom is 0.253 e. The highest BCUT2D eigenvalue weighted by atomic mass is 16.3. The summed E-state index contributed by atoms with van der Waals surface area (Å²) in [5.74, 6) is 0.854. The van der Waals surface area contributed by atoms with E-state index in [4.69, 9.17) is 4.42 Å². The normalized spacial score (nSPS) is 14.3. The summed E-state index contributed by atoms with van der Waals surface area (Å²) < 4.78 is 5.96. The summed E-state index contributed by atoms with van der Waals surface area (Å²) in [6.07, 6.45) is 5.58. The Kier molecular flexibility index (Phi) is 6.57. The summed E-state index contributed by atoms with van der Waals surface area (Å²) in [7, 11) is 0. The number of likely N-dealkylation sites (tertiary alicyclic amines) is 1. The lowest BCUT2D eigenvalue weighted by molar-refractivity contribution is -0.122. The predicted molar refractivity (Wildman–Crippen MR) is 134 cm³/mol. The molecule has 0 spiro atoms. The van der Waals surface area contributed by atoms with E-state index >= 15 is 0 Å². The van der Waals surface area contributed by atoms with Crippen molar-refractivity contribution >= 4 is 22.9 Å². The molecule has 4 aromatic rings. The number of piperidine rings is 1. The van der Waals surface area contributed by atoms with Gasteiger partial charge in [-0.15, -0.1) is 0 Å². The fraction of sp³-hybridized carbons (Fsp3) is 0.286. The quantitative estimate of drug-likeness (QED) is 0.441. The molecule has 2 aromatic heterocycles. The van der Waals surface area contributed by atoms with Gasteiger partial charge in [0.1, 0.15) is 5.52 Å². The molecule has 3 heterocycles. The molecule has 1 fully saturated rings. The Morgan fingerprint density at radius 1 is 1.09 bits per heavy atom. The van der Waals surface area contributed by atoms with E-state index in [-0.39, 0.29) is 17.7 Å². The number of oxazole rings is 1. The van der Waals surface area contributed by atoms with Gasteiger partial charge >= 0.3 is 0 Å². The number of nitrogens with zero attached hydrogens (tertiary/aromatic N) is 3. The van der Waals surface area contributed by atoms with E-state index in [2.05, 4.69) is 15.3 Å². The SMILES string of the molecule is Cc1ccc(-c2nc3ccc(C(=O)N4CCC(CC(=O)NCc5cccnc5)CC4)cc3o2)cc1. The van der Waals surface area contributed by atoms with E-state index in [1.165, 1.54) is 5.56 Å². The standard InChI is InChI=1S/C28H28N4O3/c1-19-4-6-22(7-5-19)27-31-24-9-8-23(16-25(24)35-27)28(34)32-13-10-20(11-14-32)15-26(33)30-18-21-3-2-12-29-17-21/h2-9,12,16-17,20H,10-11,13-15,18H2,1H3,(H,30,33). The first kappa shape index (κ1) is 22.8. The van der Waals surface area contributed by atoms with Crippen LogP contribution in [-0.4, -0.2) is 39.8 Å². The van der Waals surface area contributed by atoms with Crippen molar-refractivity contribution in [3.63, 3.8) is 0 Å². The van der Waals surface area contributed by atoms with Crippen molar-refractivity contribution in [1.82, 2.24) is 20.2 Å². The molecule has 2 aromatic carbocycles. The monoisotopic (exact) mass is 468 g/mol. The summed E-state index contributed by atoms with van der Waals surface area (Å²) in [6.45, 7) is 3.81. The number of hydrogen-bond donors (Lipinski definition) is 1. The zero-order valence-corrected chi connectivity index (χ0v) is 19.7. The Bertz CT molecular complexity index is 1320. The lowest BCUT2D eigenvalue weighted by Gasteiger charge is -2.31. The summed E-state index contributed by atoms with van der Waals surface area (Å²) in [4.78, 5) is 36.0. The van der Waals surface area contributed by atoms with Crippen LogP contribution in [0.3, 0.4) is 0 Å². The number of fused-ring (bicyclic) bond motifs is 1. The first-order valence-electron chi connectivity index (χ1n) is 12.0. The van der Waals surface area contributed by atoms with Crippen LogP contribution in [0.5, 0.6) is 0 Å². The lowest BCUT2D eigenvalue weighted by Crippen LogP contribution is -2.39. The third-order valence-electron chi connectivity index (χ3n) is 6.52. The van der Waals surface area contributed by atoms with Crippen LogP contribution in [0.2, 0.25) is 0 Å². The third-order valence-corrected chi connectivity index (χ3v) is 6.52. The predicted octanol–water partition coefficient (Wildman–Crippen LogP) is 4.76. The molecule has 0 radical (unpaired) electrons. The third kappa shape index (κ3) is 5.40. The zero-order valence-electron chi connectivity index (χ0n) is 19.7. The molecule has 1 N–H and O–H groups in total. The molecule has 178 valence electrons. The Morgan fingerprint density at radius 2 is 1.89 bits per heavy atom. The highest BCUT2D eigenvalue weighted by Crippen LogP contribution is 2.27. The lowest BCUT2D eigenvalue weighted by atomic mass is 9.93. The largest absolute Gasteiger partial charge is 0.436 e. The maximum absolute atomic E-state index is 13.1. The van der Waals surface area contributed by atoms with E-state index in [0.717, 1.165) is 29.5 Å². The van der Waals surface area contributed by atoms with Gasteiger partial charge in [0, 0.05) is 49.6 Å². The van der Waals surface area contributed by atoms with Crippen LogP contribution in [0.4, 0.5) is 0 Å². The van der Waals surface area contributed by atoms with Gasteiger partial charge in [-0.1, -0.05) is 23.8 Å². The van der Waals surface area contributed by atoms with Gasteiger partial charge < -0.3 is 14.6 Å². The summed E-state index contributed by atoms with van der Waals surface area (Å²) in [5, 5.41) is 2.96. The topological polar surface area (TPSA) is 88.3 Å². The van der Waals surface area contributed by atoms with Gasteiger partial charge in [-0.3, -0.25) is 14.6 Å². The molecule has 2 amide bonds. The van der Waals surface area contributed by atoms with Gasteiger partial charge in [-0.25, -0.2) is 4.98 Å². The second-order valence-corrected chi connectivity index (χ2v) is 9.15. The van der Waals surface area contributed by atoms with Crippen molar-refractivity contribution in [2.75, 3.05) is 13.1 Å². The van der Waals surface area contributed by atoms with E-state index in [9.17, 15) is 9.59 Å². The van der Waals surface area contributed by atoms with Crippen LogP contribution in [0, 0.1) is 12.8 Å². The van der Waals surface area contributed by atoms with Crippen molar-refractivity contribution in [1.29, 1.82) is 0 Å². The summed E-state index contributed by atoms with van der Waals surface area (Å²) in [6, 6.07) is 17.2. The summed E-state index contributed by atoms with van der Waals surface area (Å²) >= 11 is 0. The van der Waals surface area contributed by atoms with E-state index in [1.54, 1.807) is 18.5 Å². The molecule has 0 unspecified atom stereocenters. The number of carbonyl (C=O) groups excluding carboxylic acids is 2. The molecular weight excluding hydrogens is 440 g/mol. The van der Waals surface area contributed by atoms with Crippen molar-refractivity contribution in [3.05, 3.63) is 83.7 Å². The number of hydrogen-bond acceptors (Lipinski definition) is 5. The molecule has 0 atom stereocenters. The molecule has 0 bridgehead atoms. The van der Waals surface area contributed by atoms with Crippen LogP contribution < -0.4 is 5.32 Å². The van der Waals surface area contributed by atoms with Crippen molar-refractivity contribution in [2.24, 2.45) is 5.92 Å². The molecule has 7 nitrogen and oxygen atoms in total. The van der Waals surface area contributed by atoms with Crippen LogP contribution in [0.15, 0.2) is 71.4 Å². The fourth-order valence-electron chi connectivity index (χ4n) is 4.44. The molecule has 0 saturated carbocycles. The first-order chi connectivity index (χ1) is 17.0. The Morgan fingerprint density at radius 3 is 2.63 bits per heavy atom. The van der Waals surface area contributed by atoms with Gasteiger partial charge in [0.2, 0.25) is 11.8 Å². The molecule has 7 heteroatoms. The molecule has 5 rings (SSSR count). The van der Waals surface area contributed by atoms with E-state index < -0.39 is 0 Å². The average molecular weight is 469 g/mol. The van der Waals surface area contributed by atoms with E-state index in [1.807, 2.05) is 60.4 Å². The molecule has 1 saturated heterocycles. The van der Waals surface area contributed by atoms with Crippen molar-refractivity contribution in [3.8, 4) is 11.5 Å². The Balaban J connectivity index is 1.16. The minimum absolute atomic E-state index is 0.0142. The van der Waals surface area contributed by atoms with Gasteiger partial charge in [0.05, 0.1) is 0 Å². The highest BCUT2D eigenvalue weighted by molar-refractivity contribution is 5.97. The fourth-order valence-corrected chi connectivity index (χ4v) is 4.44. The number of benzene rings is 2. The van der Waals surface area contributed by atoms with Crippen LogP contribution in [0.25, 0.3) is 22.6 Å². The molecular formula is C28H28N4O3. The number of pyridine rings is 1. The maximum atomic E-state index is 13.1. The molecule has 1 aliphatic rings. The number of carbonyl (C=O) groups is 2. The second kappa shape index (κ2) is 10.1. The average Bonchev–Trinajstić information content (AvgIpc) is 3.32. The van der Waals surface area contributed by atoms with Crippen molar-refractivity contribution in [2.45, 2.75) is 32.7 Å². The minimum atomic E-state index is -0.0142. The Labute approximate surface area is 204 Å². The van der Waals surface area contributed by atoms with Gasteiger partial charge in [-0.2, -0.15) is 0 Å². The molecule has 0 aliphatic carbocycles. The first-order valence-corrected chi connectivity index (χ1v) is 12.0. The van der Waals surface area contributed by atoms with Crippen LogP contribution in [0.1, 0.15) is 40.7 Å². The van der Waals surface area contributed by atoms with E-state index in [0.29, 0.717) is 43.1 Å². The number of nitrogens with one attached hydrogen (secondary N) is 1. The number of rotatable bonds is 6. The van der Waals surface area contributed by atoms with Gasteiger partial charge in [-0.05, 0) is 67.6 Å². The van der Waals surface area contributed by atoms with Crippen LogP contribution in [-0.2, 0) is 11.3 Å². The molecule has 35 heavy (non-hydrogen) atoms. The smallest absolute Gasteiger partial charge is 0.253 e. The number of amides is 2. The Hall–Kier alpha value is -4.00. The highest BCUT2D eigenvalue weighted by Gasteiger charge is 2.25. The second-order valence-electron chi connectivity index (χ2n) is 9.15. The molecule has 1 aliphatic heterocycles. The zero-order chi connectivity index (χ0) is 24.2. The van der Waals surface area contributed by atoms with Crippen LogP contribution >= 0.6 is 0 Å². The van der Waals surface area contributed by atoms with Gasteiger partial charge in [0.25, 0.3) is 5.91 Å². The summed E-state index contributed by atoms with van der Waals surface area (Å²) in [5.41, 5.74) is 4.99.